The number of aromatic nitrogens is 4. The van der Waals surface area contributed by atoms with Crippen molar-refractivity contribution >= 4 is 16.0 Å². The van der Waals surface area contributed by atoms with E-state index in [0.717, 1.165) is 22.5 Å². The lowest BCUT2D eigenvalue weighted by Crippen LogP contribution is -2.35. The number of halogens is 5. The minimum absolute atomic E-state index is 0. The van der Waals surface area contributed by atoms with Gasteiger partial charge in [-0.2, -0.15) is 17.6 Å². The fourth-order valence-electron chi connectivity index (χ4n) is 2.89. The number of hydrogen-bond donors (Lipinski definition) is 1. The highest BCUT2D eigenvalue weighted by Crippen LogP contribution is 2.27. The van der Waals surface area contributed by atoms with Crippen LogP contribution in [0.2, 0.25) is 0 Å². The van der Waals surface area contributed by atoms with Crippen LogP contribution in [0.15, 0.2) is 35.0 Å². The van der Waals surface area contributed by atoms with Crippen LogP contribution in [0, 0.1) is 5.82 Å². The zero-order valence-electron chi connectivity index (χ0n) is 18.2. The largest absolute Gasteiger partial charge is 0.435 e. The molecule has 16 heteroatoms. The Morgan fingerprint density at radius 3 is 2.33 bits per heavy atom. The predicted molar refractivity (Wildman–Crippen MR) is 118 cm³/mol. The average Bonchev–Trinajstić information content (AvgIpc) is 3.29. The van der Waals surface area contributed by atoms with Gasteiger partial charge in [-0.15, -0.1) is 10.2 Å². The first-order valence-electron chi connectivity index (χ1n) is 9.89. The van der Waals surface area contributed by atoms with Gasteiger partial charge in [-0.05, 0) is 13.0 Å². The third-order valence-corrected chi connectivity index (χ3v) is 6.51. The van der Waals surface area contributed by atoms with E-state index in [1.165, 1.54) is 26.4 Å². The number of ether oxygens (including phenoxy) is 1. The Labute approximate surface area is 203 Å². The first kappa shape index (κ1) is 28.8. The molecule has 2 aromatic heterocycles. The molecule has 0 fully saturated rings. The molecular formula is C20H23F5N6O4S. The Balaban J connectivity index is 0.00000456. The molecule has 3 rings (SSSR count). The Morgan fingerprint density at radius 1 is 1.14 bits per heavy atom. The molecule has 0 spiro atoms. The minimum Gasteiger partial charge on any atom is -0.435 e. The molecule has 36 heavy (non-hydrogen) atoms. The lowest BCUT2D eigenvalue weighted by Gasteiger charge is -2.25. The summed E-state index contributed by atoms with van der Waals surface area (Å²) in [6.07, 6.45) is -0.600. The van der Waals surface area contributed by atoms with Gasteiger partial charge in [-0.1, -0.05) is 13.5 Å². The van der Waals surface area contributed by atoms with Crippen LogP contribution in [0.5, 0.6) is 5.75 Å². The van der Waals surface area contributed by atoms with Gasteiger partial charge in [-0.3, -0.25) is 0 Å². The van der Waals surface area contributed by atoms with Crippen molar-refractivity contribution < 1.29 is 39.5 Å². The maximum Gasteiger partial charge on any atom is 0.387 e. The highest BCUT2D eigenvalue weighted by Gasteiger charge is 2.25. The predicted octanol–water partition coefficient (Wildman–Crippen LogP) is 4.28. The third kappa shape index (κ3) is 7.07. The zero-order chi connectivity index (χ0) is 25.8. The van der Waals surface area contributed by atoms with Gasteiger partial charge >= 0.3 is 13.0 Å². The maximum atomic E-state index is 14.8. The molecule has 0 bridgehead atoms. The summed E-state index contributed by atoms with van der Waals surface area (Å²) in [7, 11) is -2.37. The van der Waals surface area contributed by atoms with Crippen molar-refractivity contribution in [1.82, 2.24) is 24.5 Å². The molecule has 1 unspecified atom stereocenters. The molecule has 1 N–H and O–H groups in total. The molecule has 0 aliphatic heterocycles. The third-order valence-electron chi connectivity index (χ3n) is 4.68. The lowest BCUT2D eigenvalue weighted by atomic mass is 10.1. The zero-order valence-corrected chi connectivity index (χ0v) is 19.0. The number of benzene rings is 1. The second kappa shape index (κ2) is 12.0. The van der Waals surface area contributed by atoms with Gasteiger partial charge in [0.15, 0.2) is 0 Å². The first-order valence-corrected chi connectivity index (χ1v) is 11.5. The van der Waals surface area contributed by atoms with E-state index in [1.807, 2.05) is 0 Å². The molecule has 2 heterocycles. The van der Waals surface area contributed by atoms with Crippen LogP contribution in [0.3, 0.4) is 0 Å². The molecule has 198 valence electrons. The van der Waals surface area contributed by atoms with Crippen molar-refractivity contribution in [2.45, 2.75) is 33.4 Å². The normalized spacial score (nSPS) is 12.6. The number of anilines is 1. The summed E-state index contributed by atoms with van der Waals surface area (Å²) in [5, 5.41) is 9.46. The summed E-state index contributed by atoms with van der Waals surface area (Å²) < 4.78 is 99.4. The average molecular weight is 538 g/mol. The van der Waals surface area contributed by atoms with E-state index in [-0.39, 0.29) is 42.7 Å². The van der Waals surface area contributed by atoms with E-state index in [1.54, 1.807) is 0 Å². The van der Waals surface area contributed by atoms with Crippen molar-refractivity contribution in [3.8, 4) is 17.2 Å². The van der Waals surface area contributed by atoms with Crippen molar-refractivity contribution in [3.05, 3.63) is 47.9 Å². The Kier molecular flexibility index (Phi) is 9.63. The number of sulfonamides is 1. The Hall–Kier alpha value is -3.40. The fraction of sp³-hybridized carbons (Fsp3) is 0.400. The Morgan fingerprint density at radius 2 is 1.81 bits per heavy atom. The summed E-state index contributed by atoms with van der Waals surface area (Å²) in [5.74, 6) is -2.78. The highest BCUT2D eigenvalue weighted by atomic mass is 32.2. The van der Waals surface area contributed by atoms with E-state index in [2.05, 4.69) is 30.2 Å². The van der Waals surface area contributed by atoms with Gasteiger partial charge in [0, 0.05) is 37.6 Å². The van der Waals surface area contributed by atoms with E-state index in [0.29, 0.717) is 0 Å². The number of likely N-dealkylation sites (N-methyl/N-ethyl adjacent to an activating group) is 1. The van der Waals surface area contributed by atoms with Gasteiger partial charge in [0.05, 0.1) is 17.4 Å². The molecular weight excluding hydrogens is 515 g/mol. The van der Waals surface area contributed by atoms with Crippen LogP contribution in [0.25, 0.3) is 11.5 Å². The standard InChI is InChI=1S/C19H19F5N6O4S.CH4/c1-3-35(31,32)30(2)9-14(12-5-4-11(6-13(12)20)33-18(23)24)27-19-25-7-10(8-26-19)16-28-29-17(34-16)15(21)22;/h4-8,14-15,18H,3,9H2,1-2H3,(H,25,26,27);1H4. The van der Waals surface area contributed by atoms with Crippen molar-refractivity contribution in [1.29, 1.82) is 0 Å². The molecule has 10 nitrogen and oxygen atoms in total. The van der Waals surface area contributed by atoms with E-state index < -0.39 is 46.6 Å². The van der Waals surface area contributed by atoms with Crippen LogP contribution in [0.1, 0.15) is 38.3 Å². The molecule has 0 amide bonds. The van der Waals surface area contributed by atoms with Crippen LogP contribution < -0.4 is 10.1 Å². The maximum absolute atomic E-state index is 14.8. The summed E-state index contributed by atoms with van der Waals surface area (Å²) in [4.78, 5) is 8.00. The quantitative estimate of drug-likeness (QED) is 0.357. The van der Waals surface area contributed by atoms with Crippen molar-refractivity contribution in [3.63, 3.8) is 0 Å². The number of rotatable bonds is 11. The van der Waals surface area contributed by atoms with Gasteiger partial charge in [-0.25, -0.2) is 27.1 Å². The van der Waals surface area contributed by atoms with Crippen molar-refractivity contribution in [2.24, 2.45) is 0 Å². The highest BCUT2D eigenvalue weighted by molar-refractivity contribution is 7.89. The molecule has 0 saturated heterocycles. The minimum atomic E-state index is -3.66. The van der Waals surface area contributed by atoms with Crippen molar-refractivity contribution in [2.75, 3.05) is 24.7 Å². The van der Waals surface area contributed by atoms with Gasteiger partial charge in [0.2, 0.25) is 16.0 Å². The summed E-state index contributed by atoms with van der Waals surface area (Å²) in [6.45, 7) is -1.99. The van der Waals surface area contributed by atoms with Gasteiger partial charge < -0.3 is 14.5 Å². The Bertz CT molecular complexity index is 1240. The molecule has 0 aliphatic rings. The van der Waals surface area contributed by atoms with Gasteiger partial charge in [0.25, 0.3) is 11.8 Å². The molecule has 0 saturated carbocycles. The van der Waals surface area contributed by atoms with Crippen LogP contribution >= 0.6 is 0 Å². The van der Waals surface area contributed by atoms with Gasteiger partial charge in [0.1, 0.15) is 11.6 Å². The summed E-state index contributed by atoms with van der Waals surface area (Å²) in [5.41, 5.74) is 0.0489. The number of nitrogens with one attached hydrogen (secondary N) is 1. The topological polar surface area (TPSA) is 123 Å². The second-order valence-corrected chi connectivity index (χ2v) is 9.35. The van der Waals surface area contributed by atoms with E-state index in [4.69, 9.17) is 4.42 Å². The fourth-order valence-corrected chi connectivity index (χ4v) is 3.70. The molecule has 0 radical (unpaired) electrons. The molecule has 3 aromatic rings. The van der Waals surface area contributed by atoms with Crippen LogP contribution in [-0.2, 0) is 10.0 Å². The molecule has 1 atom stereocenters. The molecule has 1 aromatic carbocycles. The van der Waals surface area contributed by atoms with E-state index in [9.17, 15) is 30.4 Å². The lowest BCUT2D eigenvalue weighted by molar-refractivity contribution is -0.0500. The molecule has 0 aliphatic carbocycles. The number of nitrogens with zero attached hydrogens (tertiary/aromatic N) is 5. The summed E-state index contributed by atoms with van der Waals surface area (Å²) >= 11 is 0. The second-order valence-electron chi connectivity index (χ2n) is 6.98. The number of hydrogen-bond acceptors (Lipinski definition) is 9. The number of alkyl halides is 4. The smallest absolute Gasteiger partial charge is 0.387 e. The van der Waals surface area contributed by atoms with Crippen LogP contribution in [-0.4, -0.2) is 58.8 Å². The SMILES string of the molecule is C.CCS(=O)(=O)N(C)CC(Nc1ncc(-c2nnc(C(F)F)o2)cn1)c1ccc(OC(F)F)cc1F. The monoisotopic (exact) mass is 538 g/mol. The first-order chi connectivity index (χ1) is 16.5. The van der Waals surface area contributed by atoms with E-state index >= 15 is 0 Å². The summed E-state index contributed by atoms with van der Waals surface area (Å²) in [6, 6.07) is 1.95. The van der Waals surface area contributed by atoms with Crippen LogP contribution in [0.4, 0.5) is 27.9 Å².